The molecule has 116 valence electrons. The topological polar surface area (TPSA) is 20.0 Å². The van der Waals surface area contributed by atoms with E-state index in [2.05, 4.69) is 77.2 Å². The largest absolute Gasteiger partial charge is 1.00 e. The maximum atomic E-state index is 4.45. The van der Waals surface area contributed by atoms with Crippen LogP contribution >= 0.6 is 11.8 Å². The summed E-state index contributed by atoms with van der Waals surface area (Å²) < 4.78 is 2.15. The van der Waals surface area contributed by atoms with Gasteiger partial charge < -0.3 is 28.9 Å². The first-order valence-corrected chi connectivity index (χ1v) is 8.01. The van der Waals surface area contributed by atoms with Crippen molar-refractivity contribution in [2.75, 3.05) is 11.9 Å². The summed E-state index contributed by atoms with van der Waals surface area (Å²) in [6.45, 7) is 0. The zero-order valence-electron chi connectivity index (χ0n) is 12.9. The molecule has 23 heavy (non-hydrogen) atoms. The van der Waals surface area contributed by atoms with Crippen molar-refractivity contribution in [3.05, 3.63) is 65.5 Å². The summed E-state index contributed by atoms with van der Waals surface area (Å²) in [5.41, 5.74) is 3.64. The number of halogens is 1. The van der Waals surface area contributed by atoms with Crippen molar-refractivity contribution in [2.24, 2.45) is 7.05 Å². The molecule has 3 heterocycles. The summed E-state index contributed by atoms with van der Waals surface area (Å²) in [6.07, 6.45) is 6.20. The molecule has 4 rings (SSSR count). The first kappa shape index (κ1) is 16.3. The highest BCUT2D eigenvalue weighted by Crippen LogP contribution is 2.44. The fourth-order valence-corrected chi connectivity index (χ4v) is 3.82. The van der Waals surface area contributed by atoms with E-state index in [1.165, 1.54) is 27.2 Å². The lowest BCUT2D eigenvalue weighted by Gasteiger charge is -2.13. The molecular formula is C18H16IN3S. The molecule has 0 unspecified atom stereocenters. The van der Waals surface area contributed by atoms with E-state index >= 15 is 0 Å². The quantitative estimate of drug-likeness (QED) is 0.414. The fourth-order valence-electron chi connectivity index (χ4n) is 2.78. The number of hydrogen-bond donors (Lipinski definition) is 0. The minimum absolute atomic E-state index is 0. The normalized spacial score (nSPS) is 14.9. The van der Waals surface area contributed by atoms with Crippen molar-refractivity contribution < 1.29 is 28.5 Å². The van der Waals surface area contributed by atoms with E-state index in [1.807, 2.05) is 12.3 Å². The summed E-state index contributed by atoms with van der Waals surface area (Å²) in [5, 5.41) is 3.53. The molecule has 5 heteroatoms. The Bertz CT molecular complexity index is 908. The molecule has 1 aromatic carbocycles. The highest BCUT2D eigenvalue weighted by atomic mass is 127. The van der Waals surface area contributed by atoms with Gasteiger partial charge in [-0.25, -0.2) is 9.55 Å². The number of para-hydroxylation sites is 1. The molecule has 1 aliphatic heterocycles. The molecule has 1 aliphatic rings. The van der Waals surface area contributed by atoms with E-state index in [1.54, 1.807) is 11.8 Å². The fraction of sp³-hybridized carbons (Fsp3) is 0.111. The summed E-state index contributed by atoms with van der Waals surface area (Å²) in [7, 11) is 4.17. The highest BCUT2D eigenvalue weighted by molar-refractivity contribution is 8.03. The maximum Gasteiger partial charge on any atom is 0.212 e. The van der Waals surface area contributed by atoms with E-state index in [-0.39, 0.29) is 24.0 Å². The number of anilines is 1. The second-order valence-corrected chi connectivity index (χ2v) is 6.38. The van der Waals surface area contributed by atoms with Gasteiger partial charge >= 0.3 is 0 Å². The average Bonchev–Trinajstić information content (AvgIpc) is 2.87. The van der Waals surface area contributed by atoms with Gasteiger partial charge in [0.05, 0.1) is 16.1 Å². The summed E-state index contributed by atoms with van der Waals surface area (Å²) in [4.78, 5) is 6.66. The molecule has 0 radical (unpaired) electrons. The first-order valence-electron chi connectivity index (χ1n) is 7.20. The second-order valence-electron chi connectivity index (χ2n) is 5.37. The Balaban J connectivity index is 0.00000156. The molecule has 0 saturated heterocycles. The molecule has 0 aliphatic carbocycles. The number of aryl methyl sites for hydroxylation is 1. The molecule has 0 amide bonds. The van der Waals surface area contributed by atoms with Crippen LogP contribution in [0.5, 0.6) is 0 Å². The van der Waals surface area contributed by atoms with Crippen LogP contribution in [0, 0.1) is 0 Å². The number of hydrogen-bond acceptors (Lipinski definition) is 3. The number of pyridine rings is 2. The van der Waals surface area contributed by atoms with Crippen LogP contribution in [0.15, 0.2) is 64.9 Å². The Morgan fingerprint density at radius 2 is 1.96 bits per heavy atom. The number of aromatic nitrogens is 2. The Labute approximate surface area is 157 Å². The number of nitrogens with zero attached hydrogens (tertiary/aromatic N) is 3. The third-order valence-corrected chi connectivity index (χ3v) is 5.10. The molecule has 3 aromatic rings. The lowest BCUT2D eigenvalue weighted by Crippen LogP contribution is -3.00. The van der Waals surface area contributed by atoms with Crippen LogP contribution in [0.3, 0.4) is 0 Å². The lowest BCUT2D eigenvalue weighted by molar-refractivity contribution is -0.644. The zero-order chi connectivity index (χ0) is 15.1. The minimum atomic E-state index is 0. The van der Waals surface area contributed by atoms with Crippen LogP contribution in [0.1, 0.15) is 5.56 Å². The van der Waals surface area contributed by atoms with Crippen LogP contribution in [0.25, 0.3) is 17.0 Å². The zero-order valence-corrected chi connectivity index (χ0v) is 15.9. The van der Waals surface area contributed by atoms with E-state index in [4.69, 9.17) is 0 Å². The number of fused-ring (bicyclic) bond motifs is 2. The van der Waals surface area contributed by atoms with E-state index in [0.29, 0.717) is 0 Å². The second kappa shape index (κ2) is 6.49. The average molecular weight is 433 g/mol. The van der Waals surface area contributed by atoms with Gasteiger partial charge in [0.1, 0.15) is 12.1 Å². The van der Waals surface area contributed by atoms with Crippen LogP contribution in [-0.2, 0) is 7.05 Å². The van der Waals surface area contributed by atoms with E-state index in [9.17, 15) is 0 Å². The summed E-state index contributed by atoms with van der Waals surface area (Å²) >= 11 is 1.72. The molecule has 0 atom stereocenters. The smallest absolute Gasteiger partial charge is 0.212 e. The SMILES string of the molecule is CN1C(=Cc2cc[n+](C)c3ccccc23)Sc2ncccc21.[I-]. The van der Waals surface area contributed by atoms with Crippen LogP contribution < -0.4 is 33.4 Å². The number of thioether (sulfide) groups is 1. The van der Waals surface area contributed by atoms with Crippen molar-refractivity contribution in [2.45, 2.75) is 5.03 Å². The van der Waals surface area contributed by atoms with Gasteiger partial charge in [-0.15, -0.1) is 0 Å². The van der Waals surface area contributed by atoms with Crippen molar-refractivity contribution in [3.63, 3.8) is 0 Å². The third kappa shape index (κ3) is 2.83. The Morgan fingerprint density at radius 3 is 2.78 bits per heavy atom. The Hall–Kier alpha value is -1.60. The predicted molar refractivity (Wildman–Crippen MR) is 91.6 cm³/mol. The molecule has 0 fully saturated rings. The molecule has 0 saturated carbocycles. The maximum absolute atomic E-state index is 4.45. The van der Waals surface area contributed by atoms with Gasteiger partial charge in [-0.3, -0.25) is 0 Å². The Kier molecular flexibility index (Phi) is 4.59. The molecule has 0 N–H and O–H groups in total. The minimum Gasteiger partial charge on any atom is -1.00 e. The van der Waals surface area contributed by atoms with Gasteiger partial charge in [-0.05, 0) is 41.6 Å². The van der Waals surface area contributed by atoms with Crippen molar-refractivity contribution in [1.82, 2.24) is 4.98 Å². The van der Waals surface area contributed by atoms with Gasteiger partial charge in [0.15, 0.2) is 6.20 Å². The first-order chi connectivity index (χ1) is 10.7. The van der Waals surface area contributed by atoms with Crippen LogP contribution in [0.4, 0.5) is 5.69 Å². The van der Waals surface area contributed by atoms with Gasteiger partial charge in [0, 0.05) is 25.4 Å². The molecule has 2 aromatic heterocycles. The summed E-state index contributed by atoms with van der Waals surface area (Å²) in [6, 6.07) is 14.8. The van der Waals surface area contributed by atoms with Gasteiger partial charge in [0.2, 0.25) is 5.52 Å². The summed E-state index contributed by atoms with van der Waals surface area (Å²) in [5.74, 6) is 0. The van der Waals surface area contributed by atoms with E-state index in [0.717, 1.165) is 5.03 Å². The predicted octanol–water partition coefficient (Wildman–Crippen LogP) is 0.604. The lowest BCUT2D eigenvalue weighted by atomic mass is 10.1. The monoisotopic (exact) mass is 433 g/mol. The third-order valence-electron chi connectivity index (χ3n) is 4.00. The van der Waals surface area contributed by atoms with Gasteiger partial charge in [-0.2, -0.15) is 0 Å². The van der Waals surface area contributed by atoms with Crippen LogP contribution in [-0.4, -0.2) is 12.0 Å². The highest BCUT2D eigenvalue weighted by Gasteiger charge is 2.23. The van der Waals surface area contributed by atoms with Crippen molar-refractivity contribution in [1.29, 1.82) is 0 Å². The molecule has 0 bridgehead atoms. The molecule has 0 spiro atoms. The molecule has 3 nitrogen and oxygen atoms in total. The van der Waals surface area contributed by atoms with Gasteiger partial charge in [-0.1, -0.05) is 12.1 Å². The number of benzene rings is 1. The van der Waals surface area contributed by atoms with Crippen LogP contribution in [0.2, 0.25) is 0 Å². The Morgan fingerprint density at radius 1 is 1.13 bits per heavy atom. The van der Waals surface area contributed by atoms with Crippen molar-refractivity contribution in [3.8, 4) is 0 Å². The molecular weight excluding hydrogens is 417 g/mol. The standard InChI is InChI=1S/C18H16N3S.HI/c1-20-11-9-13(14-6-3-4-7-15(14)20)12-17-21(2)16-8-5-10-19-18(16)22-17;/h3-12H,1-2H3;1H/q+1;/p-1. The number of rotatable bonds is 1. The van der Waals surface area contributed by atoms with Crippen molar-refractivity contribution >= 4 is 34.4 Å². The van der Waals surface area contributed by atoms with E-state index < -0.39 is 0 Å². The van der Waals surface area contributed by atoms with Gasteiger partial charge in [0.25, 0.3) is 0 Å².